The zero-order valence-corrected chi connectivity index (χ0v) is 26.2. The van der Waals surface area contributed by atoms with Gasteiger partial charge in [-0.1, -0.05) is 48.0 Å². The number of rotatable bonds is 6. The van der Waals surface area contributed by atoms with Gasteiger partial charge in [0.25, 0.3) is 10.0 Å². The molecule has 1 aliphatic heterocycles. The van der Waals surface area contributed by atoms with Gasteiger partial charge in [-0.25, -0.2) is 22.2 Å². The number of pyridine rings is 1. The van der Waals surface area contributed by atoms with Crippen LogP contribution in [0.5, 0.6) is 0 Å². The number of carbonyl (C=O) groups is 1. The number of nitrogens with zero attached hydrogens (tertiary/aromatic N) is 6. The van der Waals surface area contributed by atoms with Gasteiger partial charge >= 0.3 is 6.09 Å². The molecule has 0 atom stereocenters. The third-order valence-corrected chi connectivity index (χ3v) is 9.27. The lowest BCUT2D eigenvalue weighted by molar-refractivity contribution is 0.0240. The van der Waals surface area contributed by atoms with E-state index in [1.165, 1.54) is 3.97 Å². The third-order valence-electron chi connectivity index (χ3n) is 7.60. The van der Waals surface area contributed by atoms with E-state index in [0.29, 0.717) is 43.8 Å². The topological polar surface area (TPSA) is 103 Å². The van der Waals surface area contributed by atoms with E-state index in [1.807, 2.05) is 75.0 Å². The molecule has 1 amide bonds. The predicted octanol–water partition coefficient (Wildman–Crippen LogP) is 5.55. The summed E-state index contributed by atoms with van der Waals surface area (Å²) in [6.07, 6.45) is 6.71. The van der Waals surface area contributed by atoms with Crippen LogP contribution < -0.4 is 4.90 Å². The molecule has 11 heteroatoms. The number of hydrogen-bond acceptors (Lipinski definition) is 7. The summed E-state index contributed by atoms with van der Waals surface area (Å²) in [5.41, 5.74) is 4.23. The van der Waals surface area contributed by atoms with Crippen molar-refractivity contribution < 1.29 is 17.9 Å². The average Bonchev–Trinajstić information content (AvgIpc) is 3.62. The monoisotopic (exact) mass is 612 g/mol. The summed E-state index contributed by atoms with van der Waals surface area (Å²) in [7, 11) is -3.93. The van der Waals surface area contributed by atoms with Crippen molar-refractivity contribution in [3.63, 3.8) is 0 Å². The molecule has 0 aliphatic carbocycles. The Morgan fingerprint density at radius 3 is 2.32 bits per heavy atom. The summed E-state index contributed by atoms with van der Waals surface area (Å²) < 4.78 is 36.4. The quantitative estimate of drug-likeness (QED) is 0.248. The van der Waals surface area contributed by atoms with Gasteiger partial charge in [-0.15, -0.1) is 0 Å². The van der Waals surface area contributed by atoms with Gasteiger partial charge in [0.2, 0.25) is 0 Å². The molecule has 228 valence electrons. The number of piperazine rings is 1. The van der Waals surface area contributed by atoms with Crippen molar-refractivity contribution in [3.05, 3.63) is 96.6 Å². The molecule has 4 heterocycles. The maximum atomic E-state index is 13.9. The van der Waals surface area contributed by atoms with Gasteiger partial charge in [-0.05, 0) is 51.5 Å². The Balaban J connectivity index is 1.36. The molecular weight excluding hydrogens is 576 g/mol. The van der Waals surface area contributed by atoms with Gasteiger partial charge < -0.3 is 14.5 Å². The normalized spacial score (nSPS) is 14.3. The van der Waals surface area contributed by atoms with Crippen molar-refractivity contribution in [1.82, 2.24) is 23.6 Å². The second kappa shape index (κ2) is 11.5. The molecule has 0 radical (unpaired) electrons. The maximum absolute atomic E-state index is 13.9. The molecule has 1 saturated heterocycles. The Labute approximate surface area is 257 Å². The Morgan fingerprint density at radius 1 is 0.932 bits per heavy atom. The minimum absolute atomic E-state index is 0.190. The highest BCUT2D eigenvalue weighted by Crippen LogP contribution is 2.34. The summed E-state index contributed by atoms with van der Waals surface area (Å²) in [5.74, 6) is 0. The molecule has 10 nitrogen and oxygen atoms in total. The van der Waals surface area contributed by atoms with Crippen molar-refractivity contribution in [2.45, 2.75) is 44.7 Å². The highest BCUT2D eigenvalue weighted by atomic mass is 32.2. The third kappa shape index (κ3) is 6.05. The number of hydrogen-bond donors (Lipinski definition) is 0. The van der Waals surface area contributed by atoms with Crippen LogP contribution in [0, 0.1) is 6.92 Å². The van der Waals surface area contributed by atoms with Crippen molar-refractivity contribution in [2.75, 3.05) is 31.1 Å². The molecule has 5 aromatic rings. The standard InChI is InChI=1S/C33H36N6O4S/c1-24-10-12-28(13-11-24)44(41,42)39-23-30(26-19-35-38(22-26)21-25-8-6-5-7-9-25)29-18-27(20-34-31(29)39)36-14-16-37(17-15-36)32(40)43-33(2,3)4/h5-13,18-20,22-23H,14-17,21H2,1-4H3. The van der Waals surface area contributed by atoms with Gasteiger partial charge in [0, 0.05) is 55.1 Å². The predicted molar refractivity (Wildman–Crippen MR) is 170 cm³/mol. The molecule has 1 aliphatic rings. The van der Waals surface area contributed by atoms with Gasteiger partial charge in [-0.2, -0.15) is 5.10 Å². The number of aryl methyl sites for hydroxylation is 1. The minimum Gasteiger partial charge on any atom is -0.444 e. The van der Waals surface area contributed by atoms with Crippen LogP contribution in [0.15, 0.2) is 90.3 Å². The SMILES string of the molecule is Cc1ccc(S(=O)(=O)n2cc(-c3cnn(Cc4ccccc4)c3)c3cc(N4CCN(C(=O)OC(C)(C)C)CC4)cnc32)cc1. The average molecular weight is 613 g/mol. The fourth-order valence-corrected chi connectivity index (χ4v) is 6.64. The van der Waals surface area contributed by atoms with E-state index in [-0.39, 0.29) is 11.0 Å². The first-order chi connectivity index (χ1) is 21.0. The molecule has 1 fully saturated rings. The van der Waals surface area contributed by atoms with Crippen molar-refractivity contribution in [2.24, 2.45) is 0 Å². The maximum Gasteiger partial charge on any atom is 0.410 e. The molecule has 0 unspecified atom stereocenters. The smallest absolute Gasteiger partial charge is 0.410 e. The molecule has 0 saturated carbocycles. The number of fused-ring (bicyclic) bond motifs is 1. The summed E-state index contributed by atoms with van der Waals surface area (Å²) in [4.78, 5) is 21.3. The fraction of sp³-hybridized carbons (Fsp3) is 0.303. The van der Waals surface area contributed by atoms with E-state index in [1.54, 1.807) is 47.8 Å². The Bertz CT molecular complexity index is 1900. The first-order valence-electron chi connectivity index (χ1n) is 14.6. The van der Waals surface area contributed by atoms with Crippen molar-refractivity contribution >= 4 is 32.8 Å². The number of carbonyl (C=O) groups excluding carboxylic acids is 1. The molecule has 6 rings (SSSR count). The molecule has 0 bridgehead atoms. The zero-order valence-electron chi connectivity index (χ0n) is 25.3. The first kappa shape index (κ1) is 29.4. The summed E-state index contributed by atoms with van der Waals surface area (Å²) in [5, 5.41) is 5.28. The molecule has 3 aromatic heterocycles. The summed E-state index contributed by atoms with van der Waals surface area (Å²) in [6, 6.07) is 18.8. The van der Waals surface area contributed by atoms with Crippen LogP contribution in [-0.4, -0.2) is 69.9 Å². The second-order valence-electron chi connectivity index (χ2n) is 12.1. The van der Waals surface area contributed by atoms with E-state index in [4.69, 9.17) is 9.72 Å². The summed E-state index contributed by atoms with van der Waals surface area (Å²) >= 11 is 0. The first-order valence-corrected chi connectivity index (χ1v) is 16.0. The van der Waals surface area contributed by atoms with Crippen LogP contribution >= 0.6 is 0 Å². The number of anilines is 1. The lowest BCUT2D eigenvalue weighted by Crippen LogP contribution is -2.50. The van der Waals surface area contributed by atoms with E-state index in [2.05, 4.69) is 10.00 Å². The largest absolute Gasteiger partial charge is 0.444 e. The van der Waals surface area contributed by atoms with Gasteiger partial charge in [0.1, 0.15) is 5.60 Å². The van der Waals surface area contributed by atoms with Crippen molar-refractivity contribution in [1.29, 1.82) is 0 Å². The number of aromatic nitrogens is 4. The van der Waals surface area contributed by atoms with Crippen molar-refractivity contribution in [3.8, 4) is 11.1 Å². The van der Waals surface area contributed by atoms with E-state index >= 15 is 0 Å². The molecular formula is C33H36N6O4S. The van der Waals surface area contributed by atoms with Gasteiger partial charge in [0.15, 0.2) is 5.65 Å². The Kier molecular flexibility index (Phi) is 7.66. The highest BCUT2D eigenvalue weighted by Gasteiger charge is 2.28. The van der Waals surface area contributed by atoms with Gasteiger partial charge in [0.05, 0.1) is 29.5 Å². The number of amides is 1. The number of benzene rings is 2. The van der Waals surface area contributed by atoms with Crippen LogP contribution in [0.25, 0.3) is 22.2 Å². The Morgan fingerprint density at radius 2 is 1.64 bits per heavy atom. The molecule has 0 spiro atoms. The molecule has 0 N–H and O–H groups in total. The van der Waals surface area contributed by atoms with Crippen LogP contribution in [0.1, 0.15) is 31.9 Å². The molecule has 44 heavy (non-hydrogen) atoms. The van der Waals surface area contributed by atoms with Crippen LogP contribution in [0.4, 0.5) is 10.5 Å². The lowest BCUT2D eigenvalue weighted by Gasteiger charge is -2.36. The second-order valence-corrected chi connectivity index (χ2v) is 13.9. The number of ether oxygens (including phenoxy) is 1. The van der Waals surface area contributed by atoms with E-state index in [0.717, 1.165) is 27.9 Å². The fourth-order valence-electron chi connectivity index (χ4n) is 5.31. The Hall–Kier alpha value is -4.64. The van der Waals surface area contributed by atoms with Crippen LogP contribution in [0.3, 0.4) is 0 Å². The van der Waals surface area contributed by atoms with Crippen LogP contribution in [0.2, 0.25) is 0 Å². The highest BCUT2D eigenvalue weighted by molar-refractivity contribution is 7.90. The lowest BCUT2D eigenvalue weighted by atomic mass is 10.1. The van der Waals surface area contributed by atoms with Crippen LogP contribution in [-0.2, 0) is 21.3 Å². The van der Waals surface area contributed by atoms with E-state index < -0.39 is 15.6 Å². The minimum atomic E-state index is -3.93. The van der Waals surface area contributed by atoms with E-state index in [9.17, 15) is 13.2 Å². The summed E-state index contributed by atoms with van der Waals surface area (Å²) in [6.45, 7) is 10.3. The zero-order chi connectivity index (χ0) is 31.1. The van der Waals surface area contributed by atoms with Gasteiger partial charge in [-0.3, -0.25) is 4.68 Å². The molecule has 2 aromatic carbocycles.